The first-order chi connectivity index (χ1) is 36.7. The fourth-order valence-electron chi connectivity index (χ4n) is 8.72. The number of rotatable bonds is 11. The Kier molecular flexibility index (Phi) is 16.5. The number of piperazine rings is 2. The first-order valence-corrected chi connectivity index (χ1v) is 25.0. The van der Waals surface area contributed by atoms with E-state index in [9.17, 15) is 22.8 Å². The van der Waals surface area contributed by atoms with Crippen molar-refractivity contribution in [1.29, 1.82) is 0 Å². The number of pyridine rings is 1. The molecule has 10 rings (SSSR count). The van der Waals surface area contributed by atoms with E-state index in [0.29, 0.717) is 41.5 Å². The Bertz CT molecular complexity index is 3380. The summed E-state index contributed by atoms with van der Waals surface area (Å²) in [7, 11) is 4.16. The number of aromatic nitrogens is 6. The molecule has 2 aliphatic rings. The average molecular weight is 1030 g/mol. The number of aryl methyl sites for hydroxylation is 2. The van der Waals surface area contributed by atoms with Crippen molar-refractivity contribution in [1.82, 2.24) is 49.1 Å². The monoisotopic (exact) mass is 1030 g/mol. The molecule has 2 amide bonds. The zero-order valence-electron chi connectivity index (χ0n) is 42.8. The molecule has 18 heteroatoms. The van der Waals surface area contributed by atoms with Crippen molar-refractivity contribution >= 4 is 40.5 Å². The van der Waals surface area contributed by atoms with E-state index in [1.165, 1.54) is 17.7 Å². The van der Waals surface area contributed by atoms with E-state index in [1.807, 2.05) is 80.4 Å². The largest absolute Gasteiger partial charge is 0.416 e. The van der Waals surface area contributed by atoms with Crippen LogP contribution in [0.2, 0.25) is 0 Å². The van der Waals surface area contributed by atoms with Gasteiger partial charge in [0.05, 0.1) is 17.5 Å². The summed E-state index contributed by atoms with van der Waals surface area (Å²) in [6.07, 6.45) is 3.92. The number of likely N-dealkylation sites (N-methyl/N-ethyl adjacent to an activating group) is 2. The molecule has 76 heavy (non-hydrogen) atoms. The Labute approximate surface area is 439 Å². The molecule has 0 saturated carbocycles. The van der Waals surface area contributed by atoms with Crippen molar-refractivity contribution < 1.29 is 22.8 Å². The molecule has 0 atom stereocenters. The third-order valence-corrected chi connectivity index (χ3v) is 13.3. The molecular weight excluding hydrogens is 968 g/mol. The number of halogens is 3. The van der Waals surface area contributed by atoms with E-state index in [-0.39, 0.29) is 29.3 Å². The molecule has 4 aromatic heterocycles. The Morgan fingerprint density at radius 2 is 1.30 bits per heavy atom. The molecule has 388 valence electrons. The van der Waals surface area contributed by atoms with E-state index in [1.54, 1.807) is 59.8 Å². The van der Waals surface area contributed by atoms with Gasteiger partial charge in [-0.2, -0.15) is 18.3 Å². The molecular formula is C58H58F3N13O2. The quantitative estimate of drug-likeness (QED) is 0.106. The van der Waals surface area contributed by atoms with Gasteiger partial charge < -0.3 is 25.8 Å². The molecule has 0 radical (unpaired) electrons. The highest BCUT2D eigenvalue weighted by molar-refractivity contribution is 6.05. The summed E-state index contributed by atoms with van der Waals surface area (Å²) in [6.45, 7) is 12.4. The van der Waals surface area contributed by atoms with Gasteiger partial charge in [0.2, 0.25) is 5.95 Å². The smallest absolute Gasteiger partial charge is 0.324 e. The van der Waals surface area contributed by atoms with Crippen LogP contribution in [0.5, 0.6) is 0 Å². The number of imidazole rings is 1. The zero-order chi connectivity index (χ0) is 53.2. The average Bonchev–Trinajstić information content (AvgIpc) is 3.84. The number of amides is 2. The number of carbonyl (C=O) groups excluding carboxylic acids is 2. The van der Waals surface area contributed by atoms with Crippen molar-refractivity contribution in [3.05, 3.63) is 190 Å². The lowest BCUT2D eigenvalue weighted by atomic mass is 10.0. The minimum atomic E-state index is -4.54. The molecule has 2 fully saturated rings. The number of benzene rings is 4. The maximum absolute atomic E-state index is 13.9. The SMILES string of the molecule is Cc1ccc(C(=O)Nc2ccc(CN3CCN(C)CC3)c(C(F)(F)F)c2)cc1C#Cc1cnc2cccnn12.Cc1ccc(C(=O)Nc2ccc(CN3CCN(C)CC3)cc2)cc1Nc1nccc(-c2cccnc2)n1. The van der Waals surface area contributed by atoms with Crippen LogP contribution in [-0.2, 0) is 19.3 Å². The third-order valence-electron chi connectivity index (χ3n) is 13.3. The normalized spacial score (nSPS) is 14.5. The third kappa shape index (κ3) is 13.7. The molecule has 0 aliphatic carbocycles. The Hall–Kier alpha value is -8.34. The molecule has 15 nitrogen and oxygen atoms in total. The second kappa shape index (κ2) is 23.9. The molecule has 6 heterocycles. The maximum Gasteiger partial charge on any atom is 0.416 e. The number of fused-ring (bicyclic) bond motifs is 1. The van der Waals surface area contributed by atoms with Crippen LogP contribution < -0.4 is 16.0 Å². The van der Waals surface area contributed by atoms with Crippen molar-refractivity contribution in [2.45, 2.75) is 33.1 Å². The minimum absolute atomic E-state index is 0.0828. The van der Waals surface area contributed by atoms with Crippen LogP contribution in [0.15, 0.2) is 140 Å². The highest BCUT2D eigenvalue weighted by Crippen LogP contribution is 2.35. The number of carbonyl (C=O) groups is 2. The lowest BCUT2D eigenvalue weighted by molar-refractivity contribution is -0.138. The highest BCUT2D eigenvalue weighted by Gasteiger charge is 2.34. The van der Waals surface area contributed by atoms with Gasteiger partial charge in [0, 0.05) is 130 Å². The molecule has 8 aromatic rings. The summed E-state index contributed by atoms with van der Waals surface area (Å²) in [5.41, 5.74) is 8.58. The number of alkyl halides is 3. The van der Waals surface area contributed by atoms with Gasteiger partial charge in [0.15, 0.2) is 5.65 Å². The van der Waals surface area contributed by atoms with Gasteiger partial charge in [-0.1, -0.05) is 36.3 Å². The van der Waals surface area contributed by atoms with Crippen molar-refractivity contribution in [3.63, 3.8) is 0 Å². The highest BCUT2D eigenvalue weighted by atomic mass is 19.4. The fraction of sp³-hybridized carbons (Fsp3) is 0.259. The minimum Gasteiger partial charge on any atom is -0.324 e. The predicted molar refractivity (Wildman–Crippen MR) is 289 cm³/mol. The van der Waals surface area contributed by atoms with E-state index in [0.717, 1.165) is 85.6 Å². The first kappa shape index (κ1) is 52.5. The van der Waals surface area contributed by atoms with Gasteiger partial charge >= 0.3 is 6.18 Å². The van der Waals surface area contributed by atoms with Crippen LogP contribution in [-0.4, -0.2) is 127 Å². The summed E-state index contributed by atoms with van der Waals surface area (Å²) in [4.78, 5) is 52.4. The van der Waals surface area contributed by atoms with Crippen molar-refractivity contribution in [3.8, 4) is 23.1 Å². The van der Waals surface area contributed by atoms with Crippen molar-refractivity contribution in [2.24, 2.45) is 0 Å². The number of nitrogens with zero attached hydrogens (tertiary/aromatic N) is 10. The summed E-state index contributed by atoms with van der Waals surface area (Å²) < 4.78 is 43.4. The van der Waals surface area contributed by atoms with E-state index < -0.39 is 17.6 Å². The van der Waals surface area contributed by atoms with E-state index in [2.05, 4.69) is 86.7 Å². The summed E-state index contributed by atoms with van der Waals surface area (Å²) in [5.74, 6) is 5.86. The standard InChI is InChI=1S/C29H27F3N6O.C29H31N7O/c1-20-5-6-22(16-21(20)8-10-25-18-33-27-4-3-11-34-38(25)27)28(39)35-24-9-7-23(26(17-24)29(30,31)32)19-37-14-12-36(2)13-15-37;1-21-5-8-23(18-27(21)34-29-31-13-11-26(33-29)24-4-3-12-30-19-24)28(37)32-25-9-6-22(7-10-25)20-36-16-14-35(2)15-17-36/h3-7,9,11,16-18H,12-15,19H2,1-2H3,(H,35,39);3-13,18-19H,14-17,20H2,1-2H3,(H,32,37)(H,31,33,34). The van der Waals surface area contributed by atoms with Gasteiger partial charge in [-0.15, -0.1) is 0 Å². The van der Waals surface area contributed by atoms with E-state index in [4.69, 9.17) is 0 Å². The lowest BCUT2D eigenvalue weighted by Crippen LogP contribution is -2.44. The van der Waals surface area contributed by atoms with Gasteiger partial charge in [-0.3, -0.25) is 24.4 Å². The van der Waals surface area contributed by atoms with Gasteiger partial charge in [0.25, 0.3) is 11.8 Å². The van der Waals surface area contributed by atoms with Crippen LogP contribution in [0, 0.1) is 25.7 Å². The molecule has 3 N–H and O–H groups in total. The fourth-order valence-corrected chi connectivity index (χ4v) is 8.72. The molecule has 0 spiro atoms. The topological polar surface area (TPSA) is 152 Å². The second-order valence-electron chi connectivity index (χ2n) is 19.0. The molecule has 4 aromatic carbocycles. The van der Waals surface area contributed by atoms with Crippen molar-refractivity contribution in [2.75, 3.05) is 82.4 Å². The summed E-state index contributed by atoms with van der Waals surface area (Å²) in [5, 5.41) is 13.1. The van der Waals surface area contributed by atoms with Gasteiger partial charge in [-0.05, 0) is 135 Å². The number of hydrogen-bond acceptors (Lipinski definition) is 12. The molecule has 0 bridgehead atoms. The second-order valence-corrected chi connectivity index (χ2v) is 19.0. The molecule has 2 saturated heterocycles. The van der Waals surface area contributed by atoms with Crippen LogP contribution in [0.25, 0.3) is 16.9 Å². The Morgan fingerprint density at radius 1 is 0.645 bits per heavy atom. The summed E-state index contributed by atoms with van der Waals surface area (Å²) >= 11 is 0. The van der Waals surface area contributed by atoms with Gasteiger partial charge in [-0.25, -0.2) is 19.5 Å². The Morgan fingerprint density at radius 3 is 2.00 bits per heavy atom. The zero-order valence-corrected chi connectivity index (χ0v) is 42.8. The van der Waals surface area contributed by atoms with Crippen LogP contribution in [0.4, 0.5) is 36.2 Å². The molecule has 2 aliphatic heterocycles. The number of anilines is 4. The maximum atomic E-state index is 13.9. The van der Waals surface area contributed by atoms with Gasteiger partial charge in [0.1, 0.15) is 5.69 Å². The first-order valence-electron chi connectivity index (χ1n) is 25.0. The molecule has 0 unspecified atom stereocenters. The van der Waals surface area contributed by atoms with E-state index >= 15 is 0 Å². The predicted octanol–water partition coefficient (Wildman–Crippen LogP) is 9.05. The lowest BCUT2D eigenvalue weighted by Gasteiger charge is -2.33. The van der Waals surface area contributed by atoms with Crippen LogP contribution in [0.3, 0.4) is 0 Å². The summed E-state index contributed by atoms with van der Waals surface area (Å²) in [6, 6.07) is 31.9. The van der Waals surface area contributed by atoms with Crippen LogP contribution >= 0.6 is 0 Å². The number of nitrogens with one attached hydrogen (secondary N) is 3. The Balaban J connectivity index is 0.000000186. The van der Waals surface area contributed by atoms with Crippen LogP contribution in [0.1, 0.15) is 59.8 Å². The number of hydrogen-bond donors (Lipinski definition) is 3.